The summed E-state index contributed by atoms with van der Waals surface area (Å²) in [5.41, 5.74) is -0.404. The van der Waals surface area contributed by atoms with Gasteiger partial charge in [-0.1, -0.05) is 0 Å². The van der Waals surface area contributed by atoms with Gasteiger partial charge in [0.1, 0.15) is 0 Å². The monoisotopic (exact) mass is 395 g/mol. The van der Waals surface area contributed by atoms with Crippen LogP contribution in [0.15, 0.2) is 17.6 Å². The number of carbonyl (C=O) groups is 1. The van der Waals surface area contributed by atoms with Crippen LogP contribution in [0.3, 0.4) is 0 Å². The molecule has 3 heterocycles. The number of hydrogen-bond acceptors (Lipinski definition) is 7. The van der Waals surface area contributed by atoms with Crippen LogP contribution in [-0.4, -0.2) is 65.9 Å². The second-order valence-electron chi connectivity index (χ2n) is 8.14. The quantitative estimate of drug-likeness (QED) is 0.545. The molecule has 0 spiro atoms. The van der Waals surface area contributed by atoms with Crippen molar-refractivity contribution in [3.05, 3.63) is 12.4 Å². The highest BCUT2D eigenvalue weighted by molar-refractivity contribution is 7.91. The summed E-state index contributed by atoms with van der Waals surface area (Å²) in [6.07, 6.45) is 3.69. The van der Waals surface area contributed by atoms with E-state index in [4.69, 9.17) is 9.31 Å². The van der Waals surface area contributed by atoms with Gasteiger partial charge >= 0.3 is 7.12 Å². The minimum absolute atomic E-state index is 0.0335. The zero-order chi connectivity index (χ0) is 20.0. The van der Waals surface area contributed by atoms with Crippen LogP contribution < -0.4 is 5.46 Å². The van der Waals surface area contributed by atoms with Gasteiger partial charge in [-0.05, 0) is 40.5 Å². The molecule has 10 heteroatoms. The smallest absolute Gasteiger partial charge is 0.399 e. The fraction of sp³-hybridized carbons (Fsp3) is 0.706. The highest BCUT2D eigenvalue weighted by Crippen LogP contribution is 2.36. The first-order valence-electron chi connectivity index (χ1n) is 9.11. The normalized spacial score (nSPS) is 22.9. The molecule has 2 saturated heterocycles. The Labute approximate surface area is 160 Å². The topological polar surface area (TPSA) is 98.7 Å². The lowest BCUT2D eigenvalue weighted by atomic mass is 9.81. The van der Waals surface area contributed by atoms with Gasteiger partial charge in [0.05, 0.1) is 16.5 Å². The van der Waals surface area contributed by atoms with Gasteiger partial charge in [0.25, 0.3) is 0 Å². The summed E-state index contributed by atoms with van der Waals surface area (Å²) in [6.45, 7) is 10.1. The number of sulfone groups is 1. The summed E-state index contributed by atoms with van der Waals surface area (Å²) in [5, 5.41) is -0.764. The van der Waals surface area contributed by atoms with Gasteiger partial charge in [-0.15, -0.1) is 0 Å². The van der Waals surface area contributed by atoms with Crippen molar-refractivity contribution in [3.8, 4) is 0 Å². The summed E-state index contributed by atoms with van der Waals surface area (Å²) < 4.78 is 37.5. The number of nitrogens with zero attached hydrogens (tertiary/aromatic N) is 3. The highest BCUT2D eigenvalue weighted by atomic mass is 32.2. The molecule has 0 radical (unpaired) electrons. The van der Waals surface area contributed by atoms with Crippen molar-refractivity contribution in [1.82, 2.24) is 14.9 Å². The van der Waals surface area contributed by atoms with E-state index in [1.807, 2.05) is 27.7 Å². The number of likely N-dealkylation sites (tertiary alicyclic amines) is 1. The molecule has 1 aromatic heterocycles. The maximum atomic E-state index is 12.8. The Kier molecular flexibility index (Phi) is 5.11. The minimum Gasteiger partial charge on any atom is -0.399 e. The summed E-state index contributed by atoms with van der Waals surface area (Å²) in [5.74, 6) is -0.0335. The Morgan fingerprint density at radius 3 is 2.04 bits per heavy atom. The average Bonchev–Trinajstić information content (AvgIpc) is 2.83. The lowest BCUT2D eigenvalue weighted by Gasteiger charge is -2.32. The van der Waals surface area contributed by atoms with E-state index < -0.39 is 33.4 Å². The second kappa shape index (κ2) is 6.82. The van der Waals surface area contributed by atoms with Crippen LogP contribution in [0.25, 0.3) is 0 Å². The number of aromatic nitrogens is 2. The first kappa shape index (κ1) is 20.2. The molecule has 0 bridgehead atoms. The fourth-order valence-electron chi connectivity index (χ4n) is 3.20. The third kappa shape index (κ3) is 3.75. The van der Waals surface area contributed by atoms with Gasteiger partial charge < -0.3 is 14.2 Å². The predicted molar refractivity (Wildman–Crippen MR) is 100 cm³/mol. The molecular weight excluding hydrogens is 369 g/mol. The Morgan fingerprint density at radius 1 is 1.11 bits per heavy atom. The van der Waals surface area contributed by atoms with Crippen molar-refractivity contribution < 1.29 is 22.5 Å². The highest BCUT2D eigenvalue weighted by Gasteiger charge is 2.52. The predicted octanol–water partition coefficient (Wildman–Crippen LogP) is 0.560. The zero-order valence-corrected chi connectivity index (χ0v) is 17.2. The lowest BCUT2D eigenvalue weighted by Crippen LogP contribution is -2.42. The van der Waals surface area contributed by atoms with Crippen molar-refractivity contribution in [1.29, 1.82) is 0 Å². The maximum absolute atomic E-state index is 12.8. The molecule has 27 heavy (non-hydrogen) atoms. The van der Waals surface area contributed by atoms with Crippen molar-refractivity contribution in [2.45, 2.75) is 69.1 Å². The molecule has 2 aliphatic rings. The van der Waals surface area contributed by atoms with Gasteiger partial charge in [-0.3, -0.25) is 4.79 Å². The molecule has 148 valence electrons. The SMILES string of the molecule is CC(=O)N1CCC(S(=O)(=O)c2ncc(B3OC(C)(C)C(C)(C)O3)cn2)CC1. The molecule has 2 fully saturated rings. The first-order valence-corrected chi connectivity index (χ1v) is 10.7. The van der Waals surface area contributed by atoms with Crippen molar-refractivity contribution in [2.75, 3.05) is 13.1 Å². The number of hydrogen-bond donors (Lipinski definition) is 0. The number of carbonyl (C=O) groups excluding carboxylic acids is 1. The van der Waals surface area contributed by atoms with E-state index >= 15 is 0 Å². The van der Waals surface area contributed by atoms with E-state index in [2.05, 4.69) is 9.97 Å². The average molecular weight is 395 g/mol. The fourth-order valence-corrected chi connectivity index (χ4v) is 4.73. The molecule has 0 atom stereocenters. The number of rotatable bonds is 3. The molecule has 3 rings (SSSR count). The van der Waals surface area contributed by atoms with E-state index in [1.165, 1.54) is 19.3 Å². The van der Waals surface area contributed by atoms with Crippen molar-refractivity contribution in [2.24, 2.45) is 0 Å². The Hall–Kier alpha value is -1.52. The summed E-state index contributed by atoms with van der Waals surface area (Å²) in [6, 6.07) is 0. The minimum atomic E-state index is -3.64. The lowest BCUT2D eigenvalue weighted by molar-refractivity contribution is -0.129. The van der Waals surface area contributed by atoms with E-state index in [0.717, 1.165) is 0 Å². The van der Waals surface area contributed by atoms with Crippen LogP contribution in [0.4, 0.5) is 0 Å². The molecule has 0 aliphatic carbocycles. The van der Waals surface area contributed by atoms with E-state index in [1.54, 1.807) is 4.90 Å². The van der Waals surface area contributed by atoms with E-state index in [0.29, 0.717) is 31.4 Å². The van der Waals surface area contributed by atoms with Crippen LogP contribution in [0.5, 0.6) is 0 Å². The largest absolute Gasteiger partial charge is 0.498 e. The van der Waals surface area contributed by atoms with Crippen LogP contribution in [0.2, 0.25) is 0 Å². The summed E-state index contributed by atoms with van der Waals surface area (Å²) in [4.78, 5) is 21.2. The number of amides is 1. The molecule has 1 amide bonds. The Balaban J connectivity index is 1.73. The Bertz CT molecular complexity index is 801. The second-order valence-corrected chi connectivity index (χ2v) is 10.3. The van der Waals surface area contributed by atoms with Gasteiger partial charge in [0, 0.05) is 37.9 Å². The molecular formula is C17H26BN3O5S. The molecule has 0 unspecified atom stereocenters. The standard InChI is InChI=1S/C17H26BN3O5S/c1-12(22)21-8-6-14(7-9-21)27(23,24)15-19-10-13(11-20-15)18-25-16(2,3)17(4,5)26-18/h10-11,14H,6-9H2,1-5H3. The molecule has 0 N–H and O–H groups in total. The molecule has 8 nitrogen and oxygen atoms in total. The number of piperidine rings is 1. The van der Waals surface area contributed by atoms with Crippen LogP contribution in [0.1, 0.15) is 47.5 Å². The third-order valence-electron chi connectivity index (χ3n) is 5.75. The van der Waals surface area contributed by atoms with Gasteiger partial charge in [0.15, 0.2) is 0 Å². The van der Waals surface area contributed by atoms with Crippen molar-refractivity contribution >= 4 is 28.3 Å². The third-order valence-corrected chi connectivity index (χ3v) is 7.82. The molecule has 0 aromatic carbocycles. The van der Waals surface area contributed by atoms with Crippen molar-refractivity contribution in [3.63, 3.8) is 0 Å². The molecule has 0 saturated carbocycles. The van der Waals surface area contributed by atoms with Crippen LogP contribution >= 0.6 is 0 Å². The van der Waals surface area contributed by atoms with Gasteiger partial charge in [-0.2, -0.15) is 0 Å². The van der Waals surface area contributed by atoms with Crippen LogP contribution in [-0.2, 0) is 23.9 Å². The molecule has 2 aliphatic heterocycles. The van der Waals surface area contributed by atoms with E-state index in [-0.39, 0.29) is 11.1 Å². The van der Waals surface area contributed by atoms with E-state index in [9.17, 15) is 13.2 Å². The molecule has 1 aromatic rings. The first-order chi connectivity index (χ1) is 12.4. The van der Waals surface area contributed by atoms with Gasteiger partial charge in [0.2, 0.25) is 20.9 Å². The van der Waals surface area contributed by atoms with Gasteiger partial charge in [-0.25, -0.2) is 18.4 Å². The maximum Gasteiger partial charge on any atom is 0.498 e. The summed E-state index contributed by atoms with van der Waals surface area (Å²) in [7, 11) is -4.27. The van der Waals surface area contributed by atoms with Crippen LogP contribution in [0, 0.1) is 0 Å². The Morgan fingerprint density at radius 2 is 1.59 bits per heavy atom. The zero-order valence-electron chi connectivity index (χ0n) is 16.4. The summed E-state index contributed by atoms with van der Waals surface area (Å²) >= 11 is 0.